The molecular weight excluding hydrogens is 366 g/mol. The molecule has 0 spiro atoms. The minimum absolute atomic E-state index is 0.0972. The summed E-state index contributed by atoms with van der Waals surface area (Å²) in [5.41, 5.74) is 0. The van der Waals surface area contributed by atoms with Crippen LogP contribution in [0.25, 0.3) is 0 Å². The van der Waals surface area contributed by atoms with Crippen LogP contribution in [0.5, 0.6) is 5.75 Å². The lowest BCUT2D eigenvalue weighted by molar-refractivity contribution is -0.122. The van der Waals surface area contributed by atoms with Crippen LogP contribution in [0.2, 0.25) is 0 Å². The van der Waals surface area contributed by atoms with E-state index in [9.17, 15) is 8.78 Å². The molecule has 5 nitrogen and oxygen atoms in total. The number of methoxy groups -OCH3 is 4. The monoisotopic (exact) mass is 386 g/mol. The summed E-state index contributed by atoms with van der Waals surface area (Å²) < 4.78 is 49.7. The Labute approximate surface area is 137 Å². The molecule has 1 aromatic rings. The predicted octanol–water partition coefficient (Wildman–Crippen LogP) is 2.96. The van der Waals surface area contributed by atoms with E-state index in [1.807, 2.05) is 0 Å². The fraction of sp³-hybridized carbons (Fsp3) is 0.571. The van der Waals surface area contributed by atoms with Gasteiger partial charge in [-0.3, -0.25) is 0 Å². The highest BCUT2D eigenvalue weighted by molar-refractivity contribution is 9.09. The molecule has 0 atom stereocenters. The molecular formula is C14H21BrF2O5. The molecule has 0 aliphatic rings. The fourth-order valence-electron chi connectivity index (χ4n) is 1.19. The fourth-order valence-corrected chi connectivity index (χ4v) is 1.71. The van der Waals surface area contributed by atoms with Gasteiger partial charge in [-0.25, -0.2) is 8.78 Å². The van der Waals surface area contributed by atoms with E-state index in [0.717, 1.165) is 17.5 Å². The van der Waals surface area contributed by atoms with Gasteiger partial charge in [-0.15, -0.1) is 0 Å². The van der Waals surface area contributed by atoms with Gasteiger partial charge in [0.05, 0.1) is 5.33 Å². The molecule has 22 heavy (non-hydrogen) atoms. The van der Waals surface area contributed by atoms with Crippen LogP contribution in [0.4, 0.5) is 8.78 Å². The summed E-state index contributed by atoms with van der Waals surface area (Å²) in [6.07, 6.45) is -0.627. The SMILES string of the molecule is COC(CBr)OC.COC(COc1ccc(F)c(F)c1)OC. The second-order valence-electron chi connectivity index (χ2n) is 3.84. The smallest absolute Gasteiger partial charge is 0.191 e. The molecule has 0 amide bonds. The molecule has 0 N–H and O–H groups in total. The molecule has 8 heteroatoms. The van der Waals surface area contributed by atoms with Gasteiger partial charge in [-0.05, 0) is 12.1 Å². The number of benzene rings is 1. The van der Waals surface area contributed by atoms with Crippen LogP contribution in [0.15, 0.2) is 18.2 Å². The summed E-state index contributed by atoms with van der Waals surface area (Å²) in [6, 6.07) is 3.30. The molecule has 0 saturated carbocycles. The molecule has 0 radical (unpaired) electrons. The summed E-state index contributed by atoms with van der Waals surface area (Å²) in [7, 11) is 6.14. The Morgan fingerprint density at radius 2 is 1.45 bits per heavy atom. The van der Waals surface area contributed by atoms with E-state index in [1.54, 1.807) is 14.2 Å². The minimum Gasteiger partial charge on any atom is -0.488 e. The Kier molecular flexibility index (Phi) is 12.3. The van der Waals surface area contributed by atoms with Crippen molar-refractivity contribution in [3.63, 3.8) is 0 Å². The van der Waals surface area contributed by atoms with Crippen molar-refractivity contribution in [1.29, 1.82) is 0 Å². The van der Waals surface area contributed by atoms with Crippen molar-refractivity contribution in [2.45, 2.75) is 12.6 Å². The highest BCUT2D eigenvalue weighted by atomic mass is 79.9. The number of hydrogen-bond acceptors (Lipinski definition) is 5. The Balaban J connectivity index is 0.000000534. The Hall–Kier alpha value is -0.800. The van der Waals surface area contributed by atoms with Gasteiger partial charge < -0.3 is 23.7 Å². The number of halogens is 3. The molecule has 0 aliphatic heterocycles. The first kappa shape index (κ1) is 21.2. The quantitative estimate of drug-likeness (QED) is 0.507. The molecule has 0 unspecified atom stereocenters. The van der Waals surface area contributed by atoms with Crippen molar-refractivity contribution in [1.82, 2.24) is 0 Å². The molecule has 128 valence electrons. The predicted molar refractivity (Wildman–Crippen MR) is 81.3 cm³/mol. The zero-order chi connectivity index (χ0) is 17.0. The average Bonchev–Trinajstić information content (AvgIpc) is 2.54. The standard InChI is InChI=1S/C10H12F2O3.C4H9BrO2/c1-13-10(14-2)6-15-7-3-4-8(11)9(12)5-7;1-6-4(3-5)7-2/h3-5,10H,6H2,1-2H3;4H,3H2,1-2H3. The van der Waals surface area contributed by atoms with Gasteiger partial charge in [-0.1, -0.05) is 15.9 Å². The van der Waals surface area contributed by atoms with Gasteiger partial charge in [0.1, 0.15) is 12.4 Å². The zero-order valence-electron chi connectivity index (χ0n) is 13.0. The highest BCUT2D eigenvalue weighted by Crippen LogP contribution is 2.15. The maximum Gasteiger partial charge on any atom is 0.191 e. The van der Waals surface area contributed by atoms with Gasteiger partial charge >= 0.3 is 0 Å². The van der Waals surface area contributed by atoms with Gasteiger partial charge in [0.2, 0.25) is 0 Å². The lowest BCUT2D eigenvalue weighted by Crippen LogP contribution is -2.22. The van der Waals surface area contributed by atoms with Crippen LogP contribution in [0, 0.1) is 11.6 Å². The first-order valence-electron chi connectivity index (χ1n) is 6.27. The average molecular weight is 387 g/mol. The number of ether oxygens (including phenoxy) is 5. The Morgan fingerprint density at radius 3 is 1.82 bits per heavy atom. The maximum atomic E-state index is 12.7. The summed E-state index contributed by atoms with van der Waals surface area (Å²) in [6.45, 7) is 0.109. The Bertz CT molecular complexity index is 395. The van der Waals surface area contributed by atoms with E-state index in [1.165, 1.54) is 20.3 Å². The van der Waals surface area contributed by atoms with E-state index >= 15 is 0 Å². The van der Waals surface area contributed by atoms with E-state index in [4.69, 9.17) is 23.7 Å². The second kappa shape index (κ2) is 12.7. The third-order valence-electron chi connectivity index (χ3n) is 2.45. The number of hydrogen-bond donors (Lipinski definition) is 0. The molecule has 0 bridgehead atoms. The van der Waals surface area contributed by atoms with Crippen LogP contribution in [0.3, 0.4) is 0 Å². The summed E-state index contributed by atoms with van der Waals surface area (Å²) in [5, 5.41) is 0.722. The van der Waals surface area contributed by atoms with Crippen molar-refractivity contribution < 1.29 is 32.5 Å². The maximum absolute atomic E-state index is 12.7. The van der Waals surface area contributed by atoms with Gasteiger partial charge in [0.25, 0.3) is 0 Å². The molecule has 0 fully saturated rings. The van der Waals surface area contributed by atoms with Crippen LogP contribution in [-0.2, 0) is 18.9 Å². The van der Waals surface area contributed by atoms with E-state index in [-0.39, 0.29) is 18.6 Å². The normalized spacial score (nSPS) is 10.6. The van der Waals surface area contributed by atoms with Crippen LogP contribution >= 0.6 is 15.9 Å². The van der Waals surface area contributed by atoms with Crippen LogP contribution in [-0.4, -0.2) is 53.0 Å². The highest BCUT2D eigenvalue weighted by Gasteiger charge is 2.07. The van der Waals surface area contributed by atoms with Crippen LogP contribution < -0.4 is 4.74 Å². The molecule has 0 saturated heterocycles. The van der Waals surface area contributed by atoms with Gasteiger partial charge in [0.15, 0.2) is 24.2 Å². The first-order valence-corrected chi connectivity index (χ1v) is 7.39. The number of alkyl halides is 1. The lowest BCUT2D eigenvalue weighted by atomic mass is 10.3. The zero-order valence-corrected chi connectivity index (χ0v) is 14.6. The number of rotatable bonds is 8. The summed E-state index contributed by atoms with van der Waals surface area (Å²) in [5.74, 6) is -1.62. The Morgan fingerprint density at radius 1 is 0.909 bits per heavy atom. The van der Waals surface area contributed by atoms with E-state index in [2.05, 4.69) is 15.9 Å². The van der Waals surface area contributed by atoms with E-state index in [0.29, 0.717) is 0 Å². The molecule has 1 aromatic carbocycles. The third-order valence-corrected chi connectivity index (χ3v) is 2.98. The summed E-state index contributed by atoms with van der Waals surface area (Å²) in [4.78, 5) is 0. The largest absolute Gasteiger partial charge is 0.488 e. The second-order valence-corrected chi connectivity index (χ2v) is 4.49. The van der Waals surface area contributed by atoms with Crippen molar-refractivity contribution >= 4 is 15.9 Å². The van der Waals surface area contributed by atoms with Gasteiger partial charge in [-0.2, -0.15) is 0 Å². The summed E-state index contributed by atoms with van der Waals surface area (Å²) >= 11 is 3.19. The molecule has 1 rings (SSSR count). The molecule has 0 heterocycles. The van der Waals surface area contributed by atoms with E-state index < -0.39 is 17.9 Å². The van der Waals surface area contributed by atoms with Gasteiger partial charge in [0, 0.05) is 34.5 Å². The lowest BCUT2D eigenvalue weighted by Gasteiger charge is -2.14. The molecule has 0 aliphatic carbocycles. The first-order chi connectivity index (χ1) is 10.5. The topological polar surface area (TPSA) is 46.2 Å². The van der Waals surface area contributed by atoms with Crippen molar-refractivity contribution in [2.24, 2.45) is 0 Å². The van der Waals surface area contributed by atoms with Crippen molar-refractivity contribution in [3.05, 3.63) is 29.8 Å². The third kappa shape index (κ3) is 8.60. The van der Waals surface area contributed by atoms with Crippen molar-refractivity contribution in [3.8, 4) is 5.75 Å². The molecule has 0 aromatic heterocycles. The van der Waals surface area contributed by atoms with Crippen molar-refractivity contribution in [2.75, 3.05) is 40.4 Å². The van der Waals surface area contributed by atoms with Crippen LogP contribution in [0.1, 0.15) is 0 Å². The minimum atomic E-state index is -0.945.